The van der Waals surface area contributed by atoms with Crippen molar-refractivity contribution in [3.63, 3.8) is 0 Å². The fourth-order valence-corrected chi connectivity index (χ4v) is 3.27. The monoisotopic (exact) mass is 253 g/mol. The average Bonchev–Trinajstić information content (AvgIpc) is 2.34. The van der Waals surface area contributed by atoms with Crippen molar-refractivity contribution in [3.05, 3.63) is 0 Å². The fourth-order valence-electron chi connectivity index (χ4n) is 3.27. The highest BCUT2D eigenvalue weighted by molar-refractivity contribution is 5.79. The molecule has 1 fully saturated rings. The topological polar surface area (TPSA) is 20.3 Å². The fraction of sp³-hybridized carbons (Fsp3) is 0.938. The molecule has 0 aromatic carbocycles. The van der Waals surface area contributed by atoms with E-state index in [0.717, 1.165) is 25.8 Å². The van der Waals surface area contributed by atoms with E-state index in [2.05, 4.69) is 27.7 Å². The Labute approximate surface area is 113 Å². The Morgan fingerprint density at radius 2 is 2.00 bits per heavy atom. The van der Waals surface area contributed by atoms with Crippen LogP contribution < -0.4 is 0 Å². The van der Waals surface area contributed by atoms with E-state index >= 15 is 0 Å². The minimum Gasteiger partial charge on any atom is -0.346 e. The van der Waals surface area contributed by atoms with Crippen molar-refractivity contribution in [3.8, 4) is 0 Å². The number of carbonyl (C=O) groups excluding carboxylic acids is 1. The summed E-state index contributed by atoms with van der Waals surface area (Å²) in [6, 6.07) is 0. The van der Waals surface area contributed by atoms with E-state index in [9.17, 15) is 4.79 Å². The molecule has 2 nitrogen and oxygen atoms in total. The van der Waals surface area contributed by atoms with Gasteiger partial charge in [-0.25, -0.2) is 0 Å². The molecule has 1 rings (SSSR count). The molecule has 0 heterocycles. The van der Waals surface area contributed by atoms with Crippen LogP contribution in [0.3, 0.4) is 0 Å². The van der Waals surface area contributed by atoms with E-state index in [1.54, 1.807) is 0 Å². The second-order valence-electron chi connectivity index (χ2n) is 6.55. The second-order valence-corrected chi connectivity index (χ2v) is 6.55. The summed E-state index contributed by atoms with van der Waals surface area (Å²) >= 11 is 0. The molecule has 106 valence electrons. The third-order valence-electron chi connectivity index (χ3n) is 4.56. The molecule has 0 spiro atoms. The quantitative estimate of drug-likeness (QED) is 0.726. The van der Waals surface area contributed by atoms with Crippen molar-refractivity contribution in [2.75, 3.05) is 13.6 Å². The van der Waals surface area contributed by atoms with Crippen LogP contribution in [0.25, 0.3) is 0 Å². The molecule has 1 saturated carbocycles. The molecule has 0 aromatic heterocycles. The van der Waals surface area contributed by atoms with Gasteiger partial charge in [-0.05, 0) is 37.0 Å². The normalized spacial score (nSPS) is 28.4. The molecule has 0 N–H and O–H groups in total. The Kier molecular flexibility index (Phi) is 6.17. The van der Waals surface area contributed by atoms with Crippen LogP contribution >= 0.6 is 0 Å². The molecule has 0 saturated heterocycles. The molecule has 3 atom stereocenters. The summed E-state index contributed by atoms with van der Waals surface area (Å²) in [7, 11) is 1.98. The van der Waals surface area contributed by atoms with Crippen LogP contribution in [0.4, 0.5) is 0 Å². The van der Waals surface area contributed by atoms with E-state index in [-0.39, 0.29) is 5.92 Å². The van der Waals surface area contributed by atoms with Gasteiger partial charge in [-0.15, -0.1) is 0 Å². The second kappa shape index (κ2) is 7.16. The van der Waals surface area contributed by atoms with Crippen molar-refractivity contribution in [1.29, 1.82) is 0 Å². The summed E-state index contributed by atoms with van der Waals surface area (Å²) in [6.07, 6.45) is 5.91. The predicted octanol–water partition coefficient (Wildman–Crippen LogP) is 3.95. The lowest BCUT2D eigenvalue weighted by Gasteiger charge is -2.38. The van der Waals surface area contributed by atoms with Gasteiger partial charge in [-0.3, -0.25) is 4.79 Å². The molecule has 0 radical (unpaired) electrons. The van der Waals surface area contributed by atoms with Crippen LogP contribution in [0.5, 0.6) is 0 Å². The predicted molar refractivity (Wildman–Crippen MR) is 77.4 cm³/mol. The number of hydrogen-bond acceptors (Lipinski definition) is 1. The number of rotatable bonds is 5. The van der Waals surface area contributed by atoms with Crippen LogP contribution in [-0.2, 0) is 4.79 Å². The first-order valence-corrected chi connectivity index (χ1v) is 7.72. The summed E-state index contributed by atoms with van der Waals surface area (Å²) in [4.78, 5) is 14.6. The lowest BCUT2D eigenvalue weighted by molar-refractivity contribution is -0.138. The van der Waals surface area contributed by atoms with Gasteiger partial charge in [0, 0.05) is 19.5 Å². The summed E-state index contributed by atoms with van der Waals surface area (Å²) < 4.78 is 0. The van der Waals surface area contributed by atoms with Gasteiger partial charge < -0.3 is 4.90 Å². The van der Waals surface area contributed by atoms with Gasteiger partial charge in [0.2, 0.25) is 5.91 Å². The number of nitrogens with zero attached hydrogens (tertiary/aromatic N) is 1. The van der Waals surface area contributed by atoms with Crippen LogP contribution in [0, 0.1) is 23.7 Å². The zero-order chi connectivity index (χ0) is 13.7. The van der Waals surface area contributed by atoms with Gasteiger partial charge in [0.1, 0.15) is 0 Å². The van der Waals surface area contributed by atoms with Gasteiger partial charge in [0.15, 0.2) is 0 Å². The zero-order valence-corrected chi connectivity index (χ0v) is 12.9. The molecule has 1 aliphatic carbocycles. The average molecular weight is 253 g/mol. The van der Waals surface area contributed by atoms with Crippen LogP contribution in [0.2, 0.25) is 0 Å². The highest BCUT2D eigenvalue weighted by Gasteiger charge is 2.36. The van der Waals surface area contributed by atoms with E-state index in [1.807, 2.05) is 11.9 Å². The standard InChI is InChI=1S/C16H31NO/c1-6-7-10-17(5)16(18)15-11-13(4)8-9-14(15)12(2)3/h12-15H,6-11H2,1-5H3. The van der Waals surface area contributed by atoms with Crippen molar-refractivity contribution in [2.24, 2.45) is 23.7 Å². The Hall–Kier alpha value is -0.530. The highest BCUT2D eigenvalue weighted by atomic mass is 16.2. The molecule has 2 heteroatoms. The van der Waals surface area contributed by atoms with E-state index < -0.39 is 0 Å². The Balaban J connectivity index is 2.66. The van der Waals surface area contributed by atoms with E-state index in [4.69, 9.17) is 0 Å². The summed E-state index contributed by atoms with van der Waals surface area (Å²) in [5, 5.41) is 0. The van der Waals surface area contributed by atoms with Crippen molar-refractivity contribution in [2.45, 2.75) is 59.8 Å². The lowest BCUT2D eigenvalue weighted by atomic mass is 9.69. The largest absolute Gasteiger partial charge is 0.346 e. The van der Waals surface area contributed by atoms with E-state index in [0.29, 0.717) is 23.7 Å². The van der Waals surface area contributed by atoms with Gasteiger partial charge >= 0.3 is 0 Å². The zero-order valence-electron chi connectivity index (χ0n) is 12.9. The minimum atomic E-state index is 0.274. The van der Waals surface area contributed by atoms with Gasteiger partial charge in [0.05, 0.1) is 0 Å². The number of unbranched alkanes of at least 4 members (excludes halogenated alkanes) is 1. The summed E-state index contributed by atoms with van der Waals surface area (Å²) in [5.41, 5.74) is 0. The molecule has 18 heavy (non-hydrogen) atoms. The molecule has 0 aliphatic heterocycles. The third kappa shape index (κ3) is 4.00. The maximum absolute atomic E-state index is 12.6. The van der Waals surface area contributed by atoms with Crippen LogP contribution in [0.1, 0.15) is 59.8 Å². The van der Waals surface area contributed by atoms with Crippen molar-refractivity contribution in [1.82, 2.24) is 4.90 Å². The molecule has 1 amide bonds. The Morgan fingerprint density at radius 1 is 1.33 bits per heavy atom. The SMILES string of the molecule is CCCCN(C)C(=O)C1CC(C)CCC1C(C)C. The maximum Gasteiger partial charge on any atom is 0.225 e. The number of carbonyl (C=O) groups is 1. The summed E-state index contributed by atoms with van der Waals surface area (Å²) in [6.45, 7) is 9.94. The molecular formula is C16H31NO. The minimum absolute atomic E-state index is 0.274. The van der Waals surface area contributed by atoms with Crippen molar-refractivity contribution >= 4 is 5.91 Å². The van der Waals surface area contributed by atoms with Crippen molar-refractivity contribution < 1.29 is 4.79 Å². The van der Waals surface area contributed by atoms with Crippen LogP contribution in [0.15, 0.2) is 0 Å². The number of amides is 1. The van der Waals surface area contributed by atoms with E-state index in [1.165, 1.54) is 12.8 Å². The molecule has 0 bridgehead atoms. The van der Waals surface area contributed by atoms with Gasteiger partial charge in [-0.1, -0.05) is 40.5 Å². The van der Waals surface area contributed by atoms with Gasteiger partial charge in [-0.2, -0.15) is 0 Å². The first-order chi connectivity index (χ1) is 8.47. The molecule has 1 aliphatic rings. The molecule has 3 unspecified atom stereocenters. The smallest absolute Gasteiger partial charge is 0.225 e. The first kappa shape index (κ1) is 15.5. The lowest BCUT2D eigenvalue weighted by Crippen LogP contribution is -2.41. The molecule has 0 aromatic rings. The third-order valence-corrected chi connectivity index (χ3v) is 4.56. The number of hydrogen-bond donors (Lipinski definition) is 0. The summed E-state index contributed by atoms with van der Waals surface area (Å²) in [5.74, 6) is 2.61. The Bertz CT molecular complexity index is 262. The Morgan fingerprint density at radius 3 is 2.56 bits per heavy atom. The highest BCUT2D eigenvalue weighted by Crippen LogP contribution is 2.38. The molecular weight excluding hydrogens is 222 g/mol. The first-order valence-electron chi connectivity index (χ1n) is 7.72. The van der Waals surface area contributed by atoms with Gasteiger partial charge in [0.25, 0.3) is 0 Å². The maximum atomic E-state index is 12.6. The van der Waals surface area contributed by atoms with Crippen LogP contribution in [-0.4, -0.2) is 24.4 Å².